The molecule has 0 saturated heterocycles. The molecule has 0 amide bonds. The highest BCUT2D eigenvalue weighted by Crippen LogP contribution is 2.30. The lowest BCUT2D eigenvalue weighted by molar-refractivity contribution is 0.204. The molecule has 1 nitrogen and oxygen atoms in total. The number of benzene rings is 2. The second kappa shape index (κ2) is 6.44. The number of rotatable bonds is 5. The first kappa shape index (κ1) is 15.8. The van der Waals surface area contributed by atoms with Gasteiger partial charge >= 0.3 is 0 Å². The van der Waals surface area contributed by atoms with Crippen LogP contribution >= 0.6 is 0 Å². The van der Waals surface area contributed by atoms with Gasteiger partial charge in [-0.1, -0.05) is 69.3 Å². The Morgan fingerprint density at radius 3 is 2.14 bits per heavy atom. The van der Waals surface area contributed by atoms with Crippen LogP contribution in [0, 0.1) is 6.92 Å². The molecule has 0 radical (unpaired) electrons. The molecule has 0 heterocycles. The molecule has 0 aliphatic heterocycles. The molecule has 0 aliphatic rings. The molecule has 2 aromatic carbocycles. The third-order valence-corrected chi connectivity index (χ3v) is 4.38. The summed E-state index contributed by atoms with van der Waals surface area (Å²) >= 11 is 0. The monoisotopic (exact) mass is 282 g/mol. The van der Waals surface area contributed by atoms with E-state index < -0.39 is 0 Å². The first-order valence-corrected chi connectivity index (χ1v) is 7.72. The number of aliphatic hydroxyl groups is 1. The van der Waals surface area contributed by atoms with Crippen molar-refractivity contribution in [3.63, 3.8) is 0 Å². The molecule has 0 spiro atoms. The van der Waals surface area contributed by atoms with E-state index in [9.17, 15) is 5.11 Å². The summed E-state index contributed by atoms with van der Waals surface area (Å²) in [6.45, 7) is 8.83. The number of aliphatic hydroxyl groups excluding tert-OH is 1. The predicted octanol–water partition coefficient (Wildman–Crippen LogP) is 4.61. The molecule has 1 heteroatoms. The fourth-order valence-electron chi connectivity index (χ4n) is 2.96. The van der Waals surface area contributed by atoms with Gasteiger partial charge in [0.15, 0.2) is 0 Å². The molecule has 0 aliphatic carbocycles. The van der Waals surface area contributed by atoms with Crippen LogP contribution in [0.25, 0.3) is 0 Å². The van der Waals surface area contributed by atoms with Gasteiger partial charge in [-0.15, -0.1) is 0 Å². The van der Waals surface area contributed by atoms with Crippen molar-refractivity contribution in [2.24, 2.45) is 0 Å². The van der Waals surface area contributed by atoms with Crippen molar-refractivity contribution in [1.29, 1.82) is 0 Å². The molecule has 0 aromatic heterocycles. The lowest BCUT2D eigenvalue weighted by Crippen LogP contribution is -2.30. The Kier molecular flexibility index (Phi) is 4.84. The summed E-state index contributed by atoms with van der Waals surface area (Å²) in [7, 11) is 0. The highest BCUT2D eigenvalue weighted by Gasteiger charge is 2.27. The van der Waals surface area contributed by atoms with Gasteiger partial charge in [-0.25, -0.2) is 0 Å². The molecule has 1 unspecified atom stereocenters. The Balaban J connectivity index is 2.28. The van der Waals surface area contributed by atoms with E-state index in [-0.39, 0.29) is 12.0 Å². The van der Waals surface area contributed by atoms with E-state index in [1.54, 1.807) is 0 Å². The maximum Gasteiger partial charge on any atom is 0.0528 e. The van der Waals surface area contributed by atoms with E-state index in [1.165, 1.54) is 22.3 Å². The normalized spacial score (nSPS) is 14.2. The zero-order valence-electron chi connectivity index (χ0n) is 13.6. The van der Waals surface area contributed by atoms with Crippen molar-refractivity contribution in [2.45, 2.75) is 45.4 Å². The minimum atomic E-state index is -0.231. The van der Waals surface area contributed by atoms with Crippen LogP contribution in [-0.4, -0.2) is 11.7 Å². The molecular weight excluding hydrogens is 256 g/mol. The Bertz CT molecular complexity index is 583. The Labute approximate surface area is 128 Å². The second-order valence-electron chi connectivity index (χ2n) is 6.61. The van der Waals surface area contributed by atoms with Crippen LogP contribution < -0.4 is 0 Å². The lowest BCUT2D eigenvalue weighted by Gasteiger charge is -2.30. The van der Waals surface area contributed by atoms with Gasteiger partial charge in [-0.3, -0.25) is 0 Å². The summed E-state index contributed by atoms with van der Waals surface area (Å²) in [5.74, 6) is 0.555. The number of hydrogen-bond donors (Lipinski definition) is 1. The molecule has 1 N–H and O–H groups in total. The average molecular weight is 282 g/mol. The Hall–Kier alpha value is -1.60. The SMILES string of the molecule is Cc1ccccc1C(C)(CO)Cc1ccc(C(C)C)cc1. The number of hydrogen-bond acceptors (Lipinski definition) is 1. The summed E-state index contributed by atoms with van der Waals surface area (Å²) in [4.78, 5) is 0. The zero-order valence-corrected chi connectivity index (χ0v) is 13.6. The van der Waals surface area contributed by atoms with Crippen LogP contribution in [0.4, 0.5) is 0 Å². The summed E-state index contributed by atoms with van der Waals surface area (Å²) in [6.07, 6.45) is 0.854. The minimum Gasteiger partial charge on any atom is -0.395 e. The van der Waals surface area contributed by atoms with Crippen molar-refractivity contribution >= 4 is 0 Å². The van der Waals surface area contributed by atoms with Crippen molar-refractivity contribution in [3.8, 4) is 0 Å². The topological polar surface area (TPSA) is 20.2 Å². The summed E-state index contributed by atoms with van der Waals surface area (Å²) in [5, 5.41) is 9.97. The van der Waals surface area contributed by atoms with Crippen LogP contribution in [0.1, 0.15) is 48.9 Å². The summed E-state index contributed by atoms with van der Waals surface area (Å²) in [6, 6.07) is 17.2. The molecular formula is C20H26O. The van der Waals surface area contributed by atoms with Gasteiger partial charge in [0.1, 0.15) is 0 Å². The van der Waals surface area contributed by atoms with E-state index in [1.807, 2.05) is 6.07 Å². The molecule has 21 heavy (non-hydrogen) atoms. The van der Waals surface area contributed by atoms with Gasteiger partial charge < -0.3 is 5.11 Å². The number of aryl methyl sites for hydroxylation is 1. The maximum absolute atomic E-state index is 9.97. The maximum atomic E-state index is 9.97. The third-order valence-electron chi connectivity index (χ3n) is 4.38. The van der Waals surface area contributed by atoms with E-state index >= 15 is 0 Å². The van der Waals surface area contributed by atoms with Crippen LogP contribution in [-0.2, 0) is 11.8 Å². The molecule has 2 rings (SSSR count). The molecule has 112 valence electrons. The zero-order chi connectivity index (χ0) is 15.5. The summed E-state index contributed by atoms with van der Waals surface area (Å²) < 4.78 is 0. The van der Waals surface area contributed by atoms with E-state index in [4.69, 9.17) is 0 Å². The Morgan fingerprint density at radius 2 is 1.62 bits per heavy atom. The van der Waals surface area contributed by atoms with Gasteiger partial charge in [0.2, 0.25) is 0 Å². The predicted molar refractivity (Wildman–Crippen MR) is 89.9 cm³/mol. The van der Waals surface area contributed by atoms with Crippen LogP contribution in [0.15, 0.2) is 48.5 Å². The molecule has 1 atom stereocenters. The fourth-order valence-corrected chi connectivity index (χ4v) is 2.96. The minimum absolute atomic E-state index is 0.157. The molecule has 0 bridgehead atoms. The van der Waals surface area contributed by atoms with Gasteiger partial charge in [0.05, 0.1) is 6.61 Å². The lowest BCUT2D eigenvalue weighted by atomic mass is 9.76. The van der Waals surface area contributed by atoms with Gasteiger partial charge in [0.25, 0.3) is 0 Å². The third kappa shape index (κ3) is 3.54. The summed E-state index contributed by atoms with van der Waals surface area (Å²) in [5.41, 5.74) is 4.89. The van der Waals surface area contributed by atoms with Crippen molar-refractivity contribution in [1.82, 2.24) is 0 Å². The highest BCUT2D eigenvalue weighted by molar-refractivity contribution is 5.36. The van der Waals surface area contributed by atoms with E-state index in [2.05, 4.69) is 70.2 Å². The van der Waals surface area contributed by atoms with Crippen LogP contribution in [0.5, 0.6) is 0 Å². The van der Waals surface area contributed by atoms with Crippen molar-refractivity contribution in [3.05, 3.63) is 70.8 Å². The Morgan fingerprint density at radius 1 is 1.00 bits per heavy atom. The first-order chi connectivity index (χ1) is 9.96. The molecule has 0 saturated carbocycles. The molecule has 2 aromatic rings. The van der Waals surface area contributed by atoms with Gasteiger partial charge in [-0.2, -0.15) is 0 Å². The molecule has 0 fully saturated rings. The second-order valence-corrected chi connectivity index (χ2v) is 6.61. The van der Waals surface area contributed by atoms with E-state index in [0.29, 0.717) is 5.92 Å². The van der Waals surface area contributed by atoms with Gasteiger partial charge in [-0.05, 0) is 41.5 Å². The van der Waals surface area contributed by atoms with Crippen LogP contribution in [0.2, 0.25) is 0 Å². The standard InChI is InChI=1S/C20H26O/c1-15(2)18-11-9-17(10-12-18)13-20(4,14-21)19-8-6-5-7-16(19)3/h5-12,15,21H,13-14H2,1-4H3. The fraction of sp³-hybridized carbons (Fsp3) is 0.400. The van der Waals surface area contributed by atoms with Crippen molar-refractivity contribution < 1.29 is 5.11 Å². The largest absolute Gasteiger partial charge is 0.395 e. The quantitative estimate of drug-likeness (QED) is 0.849. The van der Waals surface area contributed by atoms with Crippen molar-refractivity contribution in [2.75, 3.05) is 6.61 Å². The average Bonchev–Trinajstić information content (AvgIpc) is 2.48. The van der Waals surface area contributed by atoms with Gasteiger partial charge in [0, 0.05) is 5.41 Å². The van der Waals surface area contributed by atoms with E-state index in [0.717, 1.165) is 6.42 Å². The van der Waals surface area contributed by atoms with Crippen LogP contribution in [0.3, 0.4) is 0 Å². The smallest absolute Gasteiger partial charge is 0.0528 e. The highest BCUT2D eigenvalue weighted by atomic mass is 16.3. The first-order valence-electron chi connectivity index (χ1n) is 7.72.